The molecule has 0 aliphatic rings. The molecule has 6 nitrogen and oxygen atoms in total. The van der Waals surface area contributed by atoms with Gasteiger partial charge in [0.2, 0.25) is 5.91 Å². The minimum Gasteiger partial charge on any atom is -0.370 e. The largest absolute Gasteiger partial charge is 0.370 e. The molecule has 0 atom stereocenters. The van der Waals surface area contributed by atoms with E-state index in [4.69, 9.17) is 17.3 Å². The van der Waals surface area contributed by atoms with E-state index >= 15 is 0 Å². The van der Waals surface area contributed by atoms with Gasteiger partial charge in [0.1, 0.15) is 0 Å². The number of carbonyl (C=O) groups is 2. The zero-order valence-electron chi connectivity index (χ0n) is 14.0. The van der Waals surface area contributed by atoms with E-state index in [2.05, 4.69) is 15.5 Å². The van der Waals surface area contributed by atoms with Gasteiger partial charge in [-0.2, -0.15) is 5.10 Å². The molecule has 2 amide bonds. The maximum absolute atomic E-state index is 12.0. The Kier molecular flexibility index (Phi) is 7.39. The van der Waals surface area contributed by atoms with E-state index in [1.807, 2.05) is 60.7 Å². The summed E-state index contributed by atoms with van der Waals surface area (Å²) >= 11 is 5.54. The summed E-state index contributed by atoms with van der Waals surface area (Å²) in [6.07, 6.45) is 1.58. The van der Waals surface area contributed by atoms with Crippen molar-refractivity contribution in [2.45, 2.75) is 6.42 Å². The van der Waals surface area contributed by atoms with Crippen LogP contribution in [-0.4, -0.2) is 28.6 Å². The Labute approximate surface area is 156 Å². The van der Waals surface area contributed by atoms with Crippen molar-refractivity contribution < 1.29 is 9.59 Å². The molecule has 0 saturated heterocycles. The van der Waals surface area contributed by atoms with Crippen molar-refractivity contribution in [2.24, 2.45) is 5.73 Å². The number of H-pyrrole nitrogens is 1. The standard InChI is InChI=1S/C13H14N4O2.C6H5Cl/c14-11(18)6-7-15-13(19)10-8-16-17-12(10)9-4-2-1-3-5-9;7-6-4-2-1-3-5-6/h1-5,8H,6-7H2,(H2,14,18)(H,15,19)(H,16,17);1-5H. The molecule has 0 bridgehead atoms. The number of carbonyl (C=O) groups excluding carboxylic acids is 2. The highest BCUT2D eigenvalue weighted by atomic mass is 35.5. The highest BCUT2D eigenvalue weighted by Crippen LogP contribution is 2.20. The second kappa shape index (κ2) is 10.0. The number of hydrogen-bond acceptors (Lipinski definition) is 3. The molecule has 3 aromatic rings. The molecule has 0 unspecified atom stereocenters. The third-order valence-corrected chi connectivity index (χ3v) is 3.59. The molecule has 7 heteroatoms. The van der Waals surface area contributed by atoms with Crippen LogP contribution < -0.4 is 11.1 Å². The second-order valence-corrected chi connectivity index (χ2v) is 5.73. The smallest absolute Gasteiger partial charge is 0.255 e. The quantitative estimate of drug-likeness (QED) is 0.643. The van der Waals surface area contributed by atoms with Gasteiger partial charge in [-0.15, -0.1) is 0 Å². The molecule has 26 heavy (non-hydrogen) atoms. The molecular formula is C19H19ClN4O2. The maximum atomic E-state index is 12.0. The summed E-state index contributed by atoms with van der Waals surface area (Å²) < 4.78 is 0. The van der Waals surface area contributed by atoms with Gasteiger partial charge in [-0.25, -0.2) is 0 Å². The Morgan fingerprint density at radius 2 is 1.65 bits per heavy atom. The highest BCUT2D eigenvalue weighted by Gasteiger charge is 2.14. The molecule has 1 aromatic heterocycles. The molecule has 1 heterocycles. The van der Waals surface area contributed by atoms with E-state index in [1.165, 1.54) is 6.20 Å². The lowest BCUT2D eigenvalue weighted by Crippen LogP contribution is -2.27. The summed E-state index contributed by atoms with van der Waals surface area (Å²) in [4.78, 5) is 22.6. The van der Waals surface area contributed by atoms with Crippen molar-refractivity contribution in [3.8, 4) is 11.3 Å². The number of aromatic nitrogens is 2. The van der Waals surface area contributed by atoms with E-state index in [9.17, 15) is 9.59 Å². The maximum Gasteiger partial charge on any atom is 0.255 e. The van der Waals surface area contributed by atoms with Gasteiger partial charge >= 0.3 is 0 Å². The number of nitrogens with zero attached hydrogens (tertiary/aromatic N) is 1. The first-order valence-electron chi connectivity index (χ1n) is 7.93. The first kappa shape index (κ1) is 19.2. The molecule has 0 fully saturated rings. The Bertz CT molecular complexity index is 835. The van der Waals surface area contributed by atoms with Crippen molar-refractivity contribution in [3.63, 3.8) is 0 Å². The van der Waals surface area contributed by atoms with Crippen LogP contribution >= 0.6 is 11.6 Å². The topological polar surface area (TPSA) is 101 Å². The average molecular weight is 371 g/mol. The number of benzene rings is 2. The zero-order chi connectivity index (χ0) is 18.8. The van der Waals surface area contributed by atoms with Gasteiger partial charge in [-0.3, -0.25) is 14.7 Å². The molecule has 0 aliphatic heterocycles. The van der Waals surface area contributed by atoms with Gasteiger partial charge in [-0.05, 0) is 12.1 Å². The fraction of sp³-hybridized carbons (Fsp3) is 0.105. The van der Waals surface area contributed by atoms with Gasteiger partial charge in [0.15, 0.2) is 0 Å². The van der Waals surface area contributed by atoms with Crippen molar-refractivity contribution in [1.82, 2.24) is 15.5 Å². The molecule has 0 aliphatic carbocycles. The van der Waals surface area contributed by atoms with E-state index in [1.54, 1.807) is 0 Å². The Morgan fingerprint density at radius 3 is 2.19 bits per heavy atom. The lowest BCUT2D eigenvalue weighted by atomic mass is 10.1. The first-order valence-corrected chi connectivity index (χ1v) is 8.31. The van der Waals surface area contributed by atoms with Crippen LogP contribution in [0.15, 0.2) is 66.9 Å². The second-order valence-electron chi connectivity index (χ2n) is 5.29. The fourth-order valence-corrected chi connectivity index (χ4v) is 2.24. The predicted molar refractivity (Wildman–Crippen MR) is 102 cm³/mol. The van der Waals surface area contributed by atoms with Crippen LogP contribution in [0.25, 0.3) is 11.3 Å². The number of nitrogens with two attached hydrogens (primary N) is 1. The van der Waals surface area contributed by atoms with Gasteiger partial charge in [-0.1, -0.05) is 60.1 Å². The molecule has 0 saturated carbocycles. The summed E-state index contributed by atoms with van der Waals surface area (Å²) in [6.45, 7) is 0.216. The molecule has 0 radical (unpaired) electrons. The zero-order valence-corrected chi connectivity index (χ0v) is 14.7. The monoisotopic (exact) mass is 370 g/mol. The third-order valence-electron chi connectivity index (χ3n) is 3.34. The number of halogens is 1. The Morgan fingerprint density at radius 1 is 1.04 bits per heavy atom. The highest BCUT2D eigenvalue weighted by molar-refractivity contribution is 6.30. The molecule has 2 aromatic carbocycles. The van der Waals surface area contributed by atoms with Crippen molar-refractivity contribution in [1.29, 1.82) is 0 Å². The first-order chi connectivity index (χ1) is 12.6. The van der Waals surface area contributed by atoms with Crippen LogP contribution in [0.5, 0.6) is 0 Å². The van der Waals surface area contributed by atoms with Crippen LogP contribution in [0.2, 0.25) is 5.02 Å². The summed E-state index contributed by atoms with van der Waals surface area (Å²) in [5.41, 5.74) is 6.98. The van der Waals surface area contributed by atoms with Gasteiger partial charge in [0.25, 0.3) is 5.91 Å². The molecule has 0 spiro atoms. The molecule has 3 rings (SSSR count). The molecule has 4 N–H and O–H groups in total. The summed E-state index contributed by atoms with van der Waals surface area (Å²) in [5.74, 6) is -0.732. The number of aromatic amines is 1. The van der Waals surface area contributed by atoms with Crippen LogP contribution in [0.4, 0.5) is 0 Å². The van der Waals surface area contributed by atoms with Crippen molar-refractivity contribution in [2.75, 3.05) is 6.54 Å². The van der Waals surface area contributed by atoms with Gasteiger partial charge in [0, 0.05) is 23.6 Å². The van der Waals surface area contributed by atoms with Crippen LogP contribution in [0.3, 0.4) is 0 Å². The summed E-state index contributed by atoms with van der Waals surface area (Å²) in [5, 5.41) is 10.1. The number of hydrogen-bond donors (Lipinski definition) is 3. The Balaban J connectivity index is 0.000000290. The van der Waals surface area contributed by atoms with E-state index in [0.717, 1.165) is 10.6 Å². The van der Waals surface area contributed by atoms with Crippen molar-refractivity contribution >= 4 is 23.4 Å². The van der Waals surface area contributed by atoms with Crippen molar-refractivity contribution in [3.05, 3.63) is 77.4 Å². The number of rotatable bonds is 5. The fourth-order valence-electron chi connectivity index (χ4n) is 2.09. The number of primary amides is 1. The molecule has 134 valence electrons. The number of nitrogens with one attached hydrogen (secondary N) is 2. The average Bonchev–Trinajstić information content (AvgIpc) is 3.13. The SMILES string of the molecule is Clc1ccccc1.NC(=O)CCNC(=O)c1cn[nH]c1-c1ccccc1. The summed E-state index contributed by atoms with van der Waals surface area (Å²) in [6, 6.07) is 18.9. The van der Waals surface area contributed by atoms with E-state index in [-0.39, 0.29) is 18.9 Å². The lowest BCUT2D eigenvalue weighted by Gasteiger charge is -2.04. The van der Waals surface area contributed by atoms with E-state index < -0.39 is 5.91 Å². The van der Waals surface area contributed by atoms with Gasteiger partial charge < -0.3 is 11.1 Å². The third kappa shape index (κ3) is 6.07. The number of amides is 2. The predicted octanol–water partition coefficient (Wildman–Crippen LogP) is 3.02. The Hall–Kier alpha value is -3.12. The minimum absolute atomic E-state index is 0.115. The lowest BCUT2D eigenvalue weighted by molar-refractivity contribution is -0.117. The van der Waals surface area contributed by atoms with Gasteiger partial charge in [0.05, 0.1) is 17.5 Å². The van der Waals surface area contributed by atoms with Crippen LogP contribution in [0.1, 0.15) is 16.8 Å². The van der Waals surface area contributed by atoms with Crippen LogP contribution in [-0.2, 0) is 4.79 Å². The van der Waals surface area contributed by atoms with E-state index in [0.29, 0.717) is 11.3 Å². The normalized spacial score (nSPS) is 9.73. The minimum atomic E-state index is -0.448. The van der Waals surface area contributed by atoms with Crippen LogP contribution in [0, 0.1) is 0 Å². The summed E-state index contributed by atoms with van der Waals surface area (Å²) in [7, 11) is 0. The molecular weight excluding hydrogens is 352 g/mol.